The number of hydrogen-bond donors (Lipinski definition) is 2. The number of amides is 1. The molecule has 2 aromatic rings. The second-order valence-electron chi connectivity index (χ2n) is 7.22. The normalized spacial score (nSPS) is 11.9. The van der Waals surface area contributed by atoms with E-state index < -0.39 is 51.8 Å². The lowest BCUT2D eigenvalue weighted by Crippen LogP contribution is -2.31. The highest BCUT2D eigenvalue weighted by Gasteiger charge is 2.33. The lowest BCUT2D eigenvalue weighted by Gasteiger charge is -2.15. The first kappa shape index (κ1) is 26.0. The molecule has 0 fully saturated rings. The number of nitrogens with one attached hydrogen (secondary N) is 2. The number of benzene rings is 2. The summed E-state index contributed by atoms with van der Waals surface area (Å²) in [5.41, 5.74) is -1.65. The van der Waals surface area contributed by atoms with Gasteiger partial charge in [-0.3, -0.25) is 25.0 Å². The van der Waals surface area contributed by atoms with Gasteiger partial charge in [0.05, 0.1) is 15.4 Å². The molecule has 0 bridgehead atoms. The molecule has 14 heteroatoms. The Morgan fingerprint density at radius 1 is 1.00 bits per heavy atom. The van der Waals surface area contributed by atoms with Crippen LogP contribution >= 0.6 is 0 Å². The van der Waals surface area contributed by atoms with E-state index in [2.05, 4.69) is 10.6 Å². The molecule has 182 valence electrons. The highest BCUT2D eigenvalue weighted by Crippen LogP contribution is 2.35. The SMILES string of the molecule is Cc1cc(NC(=O)COC(=O)C(C)Nc2ccc(C(F)(F)F)cc2[N+](=O)[O-])c([N+](=O)[O-])cc1C. The Bertz CT molecular complexity index is 1150. The number of nitro groups is 2. The van der Waals surface area contributed by atoms with Gasteiger partial charge in [-0.2, -0.15) is 13.2 Å². The van der Waals surface area contributed by atoms with E-state index in [0.29, 0.717) is 23.3 Å². The van der Waals surface area contributed by atoms with E-state index in [9.17, 15) is 43.0 Å². The molecule has 0 aliphatic carbocycles. The van der Waals surface area contributed by atoms with Crippen LogP contribution in [0.25, 0.3) is 0 Å². The first-order valence-electron chi connectivity index (χ1n) is 9.55. The van der Waals surface area contributed by atoms with Crippen LogP contribution in [-0.4, -0.2) is 34.4 Å². The number of anilines is 2. The van der Waals surface area contributed by atoms with Gasteiger partial charge in [-0.05, 0) is 50.1 Å². The highest BCUT2D eigenvalue weighted by molar-refractivity contribution is 5.95. The minimum absolute atomic E-state index is 0.0966. The fourth-order valence-electron chi connectivity index (χ4n) is 2.77. The second kappa shape index (κ2) is 10.1. The Morgan fingerprint density at radius 3 is 2.12 bits per heavy atom. The summed E-state index contributed by atoms with van der Waals surface area (Å²) in [4.78, 5) is 44.9. The Hall–Kier alpha value is -4.23. The van der Waals surface area contributed by atoms with E-state index in [4.69, 9.17) is 4.74 Å². The lowest BCUT2D eigenvalue weighted by atomic mass is 10.1. The third-order valence-corrected chi connectivity index (χ3v) is 4.68. The van der Waals surface area contributed by atoms with Crippen LogP contribution in [-0.2, 0) is 20.5 Å². The predicted octanol–water partition coefficient (Wildman–Crippen LogP) is 4.12. The molecule has 1 unspecified atom stereocenters. The van der Waals surface area contributed by atoms with Crippen LogP contribution in [0.3, 0.4) is 0 Å². The van der Waals surface area contributed by atoms with E-state index in [0.717, 1.165) is 6.07 Å². The summed E-state index contributed by atoms with van der Waals surface area (Å²) in [6, 6.07) is 3.12. The number of alkyl halides is 3. The summed E-state index contributed by atoms with van der Waals surface area (Å²) >= 11 is 0. The van der Waals surface area contributed by atoms with E-state index in [1.165, 1.54) is 19.1 Å². The lowest BCUT2D eigenvalue weighted by molar-refractivity contribution is -0.384. The molecule has 0 spiro atoms. The van der Waals surface area contributed by atoms with Crippen molar-refractivity contribution in [1.29, 1.82) is 0 Å². The average Bonchev–Trinajstić information content (AvgIpc) is 2.73. The van der Waals surface area contributed by atoms with Crippen LogP contribution in [0.4, 0.5) is 35.9 Å². The van der Waals surface area contributed by atoms with Crippen molar-refractivity contribution in [3.8, 4) is 0 Å². The summed E-state index contributed by atoms with van der Waals surface area (Å²) in [5.74, 6) is -1.92. The summed E-state index contributed by atoms with van der Waals surface area (Å²) < 4.78 is 43.2. The minimum Gasteiger partial charge on any atom is -0.454 e. The molecule has 0 saturated carbocycles. The summed E-state index contributed by atoms with van der Waals surface area (Å²) in [5, 5.41) is 27.0. The molecule has 34 heavy (non-hydrogen) atoms. The Balaban J connectivity index is 2.05. The number of esters is 1. The molecular formula is C20H19F3N4O7. The van der Waals surface area contributed by atoms with Crippen LogP contribution in [0.15, 0.2) is 30.3 Å². The molecule has 1 amide bonds. The van der Waals surface area contributed by atoms with Gasteiger partial charge < -0.3 is 15.4 Å². The number of hydrogen-bond acceptors (Lipinski definition) is 8. The maximum absolute atomic E-state index is 12.8. The minimum atomic E-state index is -4.80. The van der Waals surface area contributed by atoms with Gasteiger partial charge in [0.2, 0.25) is 0 Å². The van der Waals surface area contributed by atoms with Gasteiger partial charge in [0, 0.05) is 12.1 Å². The standard InChI is InChI=1S/C20H19F3N4O7/c1-10-6-15(16(26(30)31)7-11(10)2)25-18(28)9-34-19(29)12(3)24-14-5-4-13(20(21,22)23)8-17(14)27(32)33/h4-8,12,24H,9H2,1-3H3,(H,25,28). The van der Waals surface area contributed by atoms with Crippen molar-refractivity contribution in [3.63, 3.8) is 0 Å². The Morgan fingerprint density at radius 2 is 1.56 bits per heavy atom. The number of halogens is 3. The average molecular weight is 484 g/mol. The quantitative estimate of drug-likeness (QED) is 0.322. The smallest absolute Gasteiger partial charge is 0.416 e. The first-order chi connectivity index (χ1) is 15.7. The van der Waals surface area contributed by atoms with E-state index in [1.807, 2.05) is 0 Å². The van der Waals surface area contributed by atoms with Crippen molar-refractivity contribution >= 4 is 34.6 Å². The van der Waals surface area contributed by atoms with E-state index in [1.54, 1.807) is 13.8 Å². The zero-order valence-corrected chi connectivity index (χ0v) is 18.1. The molecule has 2 N–H and O–H groups in total. The van der Waals surface area contributed by atoms with Gasteiger partial charge in [0.15, 0.2) is 6.61 Å². The van der Waals surface area contributed by atoms with Crippen molar-refractivity contribution in [3.05, 3.63) is 67.3 Å². The number of carbonyl (C=O) groups is 2. The molecule has 0 aliphatic heterocycles. The van der Waals surface area contributed by atoms with Crippen LogP contribution in [0, 0.1) is 34.1 Å². The number of nitro benzene ring substituents is 2. The zero-order valence-electron chi connectivity index (χ0n) is 18.1. The molecule has 0 aliphatic rings. The van der Waals surface area contributed by atoms with Crippen molar-refractivity contribution in [1.82, 2.24) is 0 Å². The Labute approximate surface area is 190 Å². The van der Waals surface area contributed by atoms with Crippen LogP contribution in [0.2, 0.25) is 0 Å². The van der Waals surface area contributed by atoms with Gasteiger partial charge in [-0.1, -0.05) is 0 Å². The summed E-state index contributed by atoms with van der Waals surface area (Å²) in [7, 11) is 0. The highest BCUT2D eigenvalue weighted by atomic mass is 19.4. The van der Waals surface area contributed by atoms with Gasteiger partial charge in [-0.15, -0.1) is 0 Å². The number of rotatable bonds is 8. The first-order valence-corrected chi connectivity index (χ1v) is 9.55. The number of ether oxygens (including phenoxy) is 1. The number of aryl methyl sites for hydroxylation is 2. The van der Waals surface area contributed by atoms with Gasteiger partial charge in [0.25, 0.3) is 17.3 Å². The summed E-state index contributed by atoms with van der Waals surface area (Å²) in [6.45, 7) is 3.73. The molecular weight excluding hydrogens is 465 g/mol. The van der Waals surface area contributed by atoms with Crippen molar-refractivity contribution in [2.45, 2.75) is 33.0 Å². The third kappa shape index (κ3) is 6.40. The van der Waals surface area contributed by atoms with E-state index in [-0.39, 0.29) is 17.1 Å². The predicted molar refractivity (Wildman–Crippen MR) is 113 cm³/mol. The fourth-order valence-corrected chi connectivity index (χ4v) is 2.77. The van der Waals surface area contributed by atoms with Gasteiger partial charge in [0.1, 0.15) is 17.4 Å². The van der Waals surface area contributed by atoms with Crippen molar-refractivity contribution in [2.75, 3.05) is 17.2 Å². The molecule has 0 heterocycles. The van der Waals surface area contributed by atoms with Crippen molar-refractivity contribution < 1.29 is 37.3 Å². The topological polar surface area (TPSA) is 154 Å². The van der Waals surface area contributed by atoms with Crippen LogP contribution < -0.4 is 10.6 Å². The van der Waals surface area contributed by atoms with E-state index >= 15 is 0 Å². The fraction of sp³-hybridized carbons (Fsp3) is 0.300. The molecule has 0 radical (unpaired) electrons. The molecule has 11 nitrogen and oxygen atoms in total. The third-order valence-electron chi connectivity index (χ3n) is 4.68. The molecule has 1 atom stereocenters. The second-order valence-corrected chi connectivity index (χ2v) is 7.22. The maximum atomic E-state index is 12.8. The molecule has 2 aromatic carbocycles. The molecule has 0 aromatic heterocycles. The molecule has 0 saturated heterocycles. The summed E-state index contributed by atoms with van der Waals surface area (Å²) in [6.07, 6.45) is -4.80. The largest absolute Gasteiger partial charge is 0.454 e. The Kier molecular flexibility index (Phi) is 7.76. The van der Waals surface area contributed by atoms with Crippen molar-refractivity contribution in [2.24, 2.45) is 0 Å². The molecule has 2 rings (SSSR count). The number of carbonyl (C=O) groups excluding carboxylic acids is 2. The zero-order chi connectivity index (χ0) is 25.8. The van der Waals surface area contributed by atoms with Gasteiger partial charge >= 0.3 is 12.1 Å². The van der Waals surface area contributed by atoms with Crippen LogP contribution in [0.5, 0.6) is 0 Å². The number of nitrogens with zero attached hydrogens (tertiary/aromatic N) is 2. The maximum Gasteiger partial charge on any atom is 0.416 e. The monoisotopic (exact) mass is 484 g/mol. The van der Waals surface area contributed by atoms with Crippen LogP contribution in [0.1, 0.15) is 23.6 Å². The van der Waals surface area contributed by atoms with Gasteiger partial charge in [-0.25, -0.2) is 4.79 Å².